The van der Waals surface area contributed by atoms with Crippen LogP contribution in [0.15, 0.2) is 27.3 Å². The third-order valence-corrected chi connectivity index (χ3v) is 4.25. The van der Waals surface area contributed by atoms with Gasteiger partial charge in [0.1, 0.15) is 6.07 Å². The molecule has 0 saturated carbocycles. The SMILES string of the molecule is CSc1csc2ccc(S)c(C#N)c12. The van der Waals surface area contributed by atoms with Crippen molar-refractivity contribution in [2.45, 2.75) is 9.79 Å². The zero-order chi connectivity index (χ0) is 10.1. The van der Waals surface area contributed by atoms with Gasteiger partial charge in [0, 0.05) is 25.3 Å². The third-order valence-electron chi connectivity index (χ3n) is 2.02. The molecule has 1 aromatic carbocycles. The zero-order valence-electron chi connectivity index (χ0n) is 7.44. The van der Waals surface area contributed by atoms with E-state index in [0.717, 1.165) is 19.9 Å². The fraction of sp³-hybridized carbons (Fsp3) is 0.100. The second-order valence-corrected chi connectivity index (χ2v) is 4.99. The van der Waals surface area contributed by atoms with Gasteiger partial charge in [-0.05, 0) is 18.4 Å². The van der Waals surface area contributed by atoms with Crippen LogP contribution in [-0.4, -0.2) is 6.26 Å². The van der Waals surface area contributed by atoms with Crippen LogP contribution < -0.4 is 0 Å². The predicted octanol–water partition coefficient (Wildman–Crippen LogP) is 3.78. The number of thiophene rings is 1. The van der Waals surface area contributed by atoms with E-state index in [0.29, 0.717) is 5.56 Å². The third kappa shape index (κ3) is 1.42. The second-order valence-electron chi connectivity index (χ2n) is 2.75. The molecule has 1 nitrogen and oxygen atoms in total. The van der Waals surface area contributed by atoms with Crippen LogP contribution in [0.25, 0.3) is 10.1 Å². The Morgan fingerprint density at radius 1 is 1.50 bits per heavy atom. The monoisotopic (exact) mass is 237 g/mol. The number of benzene rings is 1. The largest absolute Gasteiger partial charge is 0.192 e. The molecule has 0 saturated heterocycles. The molecule has 4 heteroatoms. The molecule has 0 atom stereocenters. The van der Waals surface area contributed by atoms with Gasteiger partial charge in [0.15, 0.2) is 0 Å². The van der Waals surface area contributed by atoms with Crippen molar-refractivity contribution < 1.29 is 0 Å². The molecule has 70 valence electrons. The van der Waals surface area contributed by atoms with Gasteiger partial charge in [-0.2, -0.15) is 5.26 Å². The number of hydrogen-bond donors (Lipinski definition) is 1. The molecule has 0 bridgehead atoms. The van der Waals surface area contributed by atoms with Gasteiger partial charge >= 0.3 is 0 Å². The molecule has 0 radical (unpaired) electrons. The molecule has 0 unspecified atom stereocenters. The van der Waals surface area contributed by atoms with Gasteiger partial charge in [-0.1, -0.05) is 0 Å². The number of thiol groups is 1. The minimum atomic E-state index is 0.691. The van der Waals surface area contributed by atoms with E-state index in [1.807, 2.05) is 18.4 Å². The van der Waals surface area contributed by atoms with Crippen LogP contribution in [0.2, 0.25) is 0 Å². The minimum Gasteiger partial charge on any atom is -0.192 e. The molecule has 1 heterocycles. The fourth-order valence-corrected chi connectivity index (χ4v) is 3.43. The first kappa shape index (κ1) is 9.91. The van der Waals surface area contributed by atoms with E-state index in [-0.39, 0.29) is 0 Å². The summed E-state index contributed by atoms with van der Waals surface area (Å²) in [5.74, 6) is 0. The average molecular weight is 237 g/mol. The van der Waals surface area contributed by atoms with Crippen LogP contribution in [0.3, 0.4) is 0 Å². The summed E-state index contributed by atoms with van der Waals surface area (Å²) in [6.45, 7) is 0. The molecule has 0 spiro atoms. The van der Waals surface area contributed by atoms with Crippen LogP contribution in [0.1, 0.15) is 5.56 Å². The lowest BCUT2D eigenvalue weighted by atomic mass is 10.1. The number of rotatable bonds is 1. The molecule has 0 aliphatic rings. The molecule has 0 aliphatic carbocycles. The standard InChI is InChI=1S/C10H7NS3/c1-13-9-5-14-8-3-2-7(12)6(4-11)10(8)9/h2-3,5,12H,1H3. The van der Waals surface area contributed by atoms with Crippen molar-refractivity contribution in [3.05, 3.63) is 23.1 Å². The topological polar surface area (TPSA) is 23.8 Å². The summed E-state index contributed by atoms with van der Waals surface area (Å²) in [4.78, 5) is 1.92. The number of thioether (sulfide) groups is 1. The van der Waals surface area contributed by atoms with Crippen LogP contribution >= 0.6 is 35.7 Å². The lowest BCUT2D eigenvalue weighted by Crippen LogP contribution is -1.80. The van der Waals surface area contributed by atoms with Gasteiger partial charge < -0.3 is 0 Å². The van der Waals surface area contributed by atoms with Gasteiger partial charge in [-0.15, -0.1) is 35.7 Å². The van der Waals surface area contributed by atoms with Crippen LogP contribution in [0, 0.1) is 11.3 Å². The molecular formula is C10H7NS3. The van der Waals surface area contributed by atoms with Crippen LogP contribution in [0.4, 0.5) is 0 Å². The Hall–Kier alpha value is -0.630. The summed E-state index contributed by atoms with van der Waals surface area (Å²) < 4.78 is 1.16. The second kappa shape index (κ2) is 3.85. The summed E-state index contributed by atoms with van der Waals surface area (Å²) in [5.41, 5.74) is 0.691. The molecule has 1 aromatic heterocycles. The Morgan fingerprint density at radius 2 is 2.29 bits per heavy atom. The first-order valence-electron chi connectivity index (χ1n) is 3.95. The Labute approximate surface area is 96.2 Å². The average Bonchev–Trinajstić information content (AvgIpc) is 2.61. The van der Waals surface area contributed by atoms with E-state index in [2.05, 4.69) is 24.1 Å². The smallest absolute Gasteiger partial charge is 0.101 e. The van der Waals surface area contributed by atoms with E-state index >= 15 is 0 Å². The lowest BCUT2D eigenvalue weighted by Gasteiger charge is -1.99. The van der Waals surface area contributed by atoms with Crippen molar-refractivity contribution in [3.63, 3.8) is 0 Å². The summed E-state index contributed by atoms with van der Waals surface area (Å²) in [6.07, 6.45) is 2.02. The summed E-state index contributed by atoms with van der Waals surface area (Å²) >= 11 is 7.63. The Morgan fingerprint density at radius 3 is 2.93 bits per heavy atom. The Kier molecular flexibility index (Phi) is 2.73. The van der Waals surface area contributed by atoms with E-state index in [1.54, 1.807) is 23.1 Å². The zero-order valence-corrected chi connectivity index (χ0v) is 9.97. The van der Waals surface area contributed by atoms with Crippen molar-refractivity contribution in [1.82, 2.24) is 0 Å². The molecular weight excluding hydrogens is 230 g/mol. The molecule has 0 amide bonds. The highest BCUT2D eigenvalue weighted by Crippen LogP contribution is 2.36. The fourth-order valence-electron chi connectivity index (χ4n) is 1.35. The normalized spacial score (nSPS) is 10.4. The summed E-state index contributed by atoms with van der Waals surface area (Å²) in [5, 5.41) is 12.2. The first-order valence-corrected chi connectivity index (χ1v) is 6.50. The van der Waals surface area contributed by atoms with Crippen LogP contribution in [0.5, 0.6) is 0 Å². The van der Waals surface area contributed by atoms with E-state index < -0.39 is 0 Å². The minimum absolute atomic E-state index is 0.691. The molecule has 0 aliphatic heterocycles. The van der Waals surface area contributed by atoms with E-state index in [9.17, 15) is 0 Å². The van der Waals surface area contributed by atoms with Crippen molar-refractivity contribution in [3.8, 4) is 6.07 Å². The number of hydrogen-bond acceptors (Lipinski definition) is 4. The van der Waals surface area contributed by atoms with Crippen molar-refractivity contribution in [2.24, 2.45) is 0 Å². The van der Waals surface area contributed by atoms with Crippen molar-refractivity contribution in [2.75, 3.05) is 6.26 Å². The van der Waals surface area contributed by atoms with Crippen molar-refractivity contribution >= 4 is 45.8 Å². The maximum absolute atomic E-state index is 9.05. The highest BCUT2D eigenvalue weighted by molar-refractivity contribution is 7.99. The Bertz CT molecular complexity index is 522. The van der Waals surface area contributed by atoms with Gasteiger partial charge in [-0.25, -0.2) is 0 Å². The first-order chi connectivity index (χ1) is 6.77. The van der Waals surface area contributed by atoms with Gasteiger partial charge in [0.2, 0.25) is 0 Å². The molecule has 2 rings (SSSR count). The number of fused-ring (bicyclic) bond motifs is 1. The molecule has 0 fully saturated rings. The highest BCUT2D eigenvalue weighted by atomic mass is 32.2. The maximum Gasteiger partial charge on any atom is 0.101 e. The Balaban J connectivity index is 2.90. The van der Waals surface area contributed by atoms with E-state index in [4.69, 9.17) is 5.26 Å². The van der Waals surface area contributed by atoms with E-state index in [1.165, 1.54) is 0 Å². The van der Waals surface area contributed by atoms with Crippen LogP contribution in [-0.2, 0) is 0 Å². The molecule has 14 heavy (non-hydrogen) atoms. The maximum atomic E-state index is 9.05. The molecule has 0 N–H and O–H groups in total. The van der Waals surface area contributed by atoms with Gasteiger partial charge in [0.25, 0.3) is 0 Å². The van der Waals surface area contributed by atoms with Gasteiger partial charge in [0.05, 0.1) is 5.56 Å². The van der Waals surface area contributed by atoms with Crippen molar-refractivity contribution in [1.29, 1.82) is 5.26 Å². The molecule has 2 aromatic rings. The lowest BCUT2D eigenvalue weighted by molar-refractivity contribution is 1.40. The quantitative estimate of drug-likeness (QED) is 0.602. The number of nitrogens with zero attached hydrogens (tertiary/aromatic N) is 1. The number of nitriles is 1. The summed E-state index contributed by atoms with van der Waals surface area (Å²) in [7, 11) is 0. The predicted molar refractivity (Wildman–Crippen MR) is 65.6 cm³/mol. The highest BCUT2D eigenvalue weighted by Gasteiger charge is 2.10. The van der Waals surface area contributed by atoms with Gasteiger partial charge in [-0.3, -0.25) is 0 Å². The summed E-state index contributed by atoms with van der Waals surface area (Å²) in [6, 6.07) is 6.11.